The van der Waals surface area contributed by atoms with E-state index >= 15 is 0 Å². The molecule has 7 heteroatoms. The van der Waals surface area contributed by atoms with E-state index in [2.05, 4.69) is 48.7 Å². The van der Waals surface area contributed by atoms with Gasteiger partial charge in [0.25, 0.3) is 0 Å². The van der Waals surface area contributed by atoms with Crippen molar-refractivity contribution < 1.29 is 13.2 Å². The van der Waals surface area contributed by atoms with Gasteiger partial charge in [-0.15, -0.1) is 0 Å². The molecule has 6 nitrogen and oxygen atoms in total. The molecule has 2 rings (SSSR count). The fourth-order valence-corrected chi connectivity index (χ4v) is 3.74. The summed E-state index contributed by atoms with van der Waals surface area (Å²) in [5, 5.41) is 5.93. The van der Waals surface area contributed by atoms with E-state index in [1.807, 2.05) is 6.92 Å². The predicted molar refractivity (Wildman–Crippen MR) is 118 cm³/mol. The summed E-state index contributed by atoms with van der Waals surface area (Å²) in [7, 11) is -0.531. The second kappa shape index (κ2) is 9.89. The van der Waals surface area contributed by atoms with Crippen LogP contribution in [0, 0.1) is 6.92 Å². The van der Waals surface area contributed by atoms with Crippen molar-refractivity contribution in [1.29, 1.82) is 0 Å². The van der Waals surface area contributed by atoms with Crippen molar-refractivity contribution in [1.82, 2.24) is 9.62 Å². The fraction of sp³-hybridized carbons (Fsp3) is 0.409. The minimum absolute atomic E-state index is 0.0819. The summed E-state index contributed by atoms with van der Waals surface area (Å²) in [5.74, 6) is 0.369. The minimum atomic E-state index is -3.52. The third-order valence-electron chi connectivity index (χ3n) is 4.81. The van der Waals surface area contributed by atoms with Gasteiger partial charge in [0.1, 0.15) is 0 Å². The lowest BCUT2D eigenvalue weighted by molar-refractivity contribution is -0.119. The van der Waals surface area contributed by atoms with Gasteiger partial charge >= 0.3 is 0 Å². The molecule has 2 N–H and O–H groups in total. The van der Waals surface area contributed by atoms with Gasteiger partial charge in [-0.1, -0.05) is 44.2 Å². The van der Waals surface area contributed by atoms with Crippen LogP contribution in [0.5, 0.6) is 0 Å². The Hall–Kier alpha value is -2.38. The molecule has 2 aromatic rings. The van der Waals surface area contributed by atoms with Gasteiger partial charge in [-0.25, -0.2) is 12.7 Å². The molecule has 0 heterocycles. The van der Waals surface area contributed by atoms with Crippen LogP contribution < -0.4 is 10.6 Å². The van der Waals surface area contributed by atoms with Gasteiger partial charge < -0.3 is 10.6 Å². The number of anilines is 1. The Labute approximate surface area is 174 Å². The summed E-state index contributed by atoms with van der Waals surface area (Å²) < 4.78 is 25.7. The van der Waals surface area contributed by atoms with Crippen molar-refractivity contribution in [3.05, 3.63) is 59.2 Å². The zero-order valence-electron chi connectivity index (χ0n) is 17.8. The van der Waals surface area contributed by atoms with Gasteiger partial charge in [0.15, 0.2) is 0 Å². The number of carbonyl (C=O) groups is 1. The molecule has 0 atom stereocenters. The molecule has 2 aromatic carbocycles. The van der Waals surface area contributed by atoms with Crippen LogP contribution in [0.3, 0.4) is 0 Å². The molecule has 0 aliphatic carbocycles. The number of nitrogens with zero attached hydrogens (tertiary/aromatic N) is 1. The summed E-state index contributed by atoms with van der Waals surface area (Å²) in [6.07, 6.45) is 0.764. The summed E-state index contributed by atoms with van der Waals surface area (Å²) in [5.41, 5.74) is 3.99. The fourth-order valence-electron chi connectivity index (χ4n) is 2.82. The Morgan fingerprint density at radius 1 is 1.07 bits per heavy atom. The highest BCUT2D eigenvalue weighted by Crippen LogP contribution is 2.21. The monoisotopic (exact) mass is 417 g/mol. The zero-order valence-corrected chi connectivity index (χ0v) is 18.6. The SMILES string of the molecule is Cc1ccc(S(=O)(=O)N(C)C)cc1NCC(=O)NCCc1ccc(C(C)C)cc1. The smallest absolute Gasteiger partial charge is 0.242 e. The Morgan fingerprint density at radius 2 is 1.72 bits per heavy atom. The van der Waals surface area contributed by atoms with Gasteiger partial charge in [0.05, 0.1) is 11.4 Å². The van der Waals surface area contributed by atoms with Crippen LogP contribution in [0.4, 0.5) is 5.69 Å². The first-order valence-electron chi connectivity index (χ1n) is 9.74. The normalized spacial score (nSPS) is 11.7. The van der Waals surface area contributed by atoms with Crippen LogP contribution in [-0.2, 0) is 21.2 Å². The number of aryl methyl sites for hydroxylation is 1. The maximum absolute atomic E-state index is 12.3. The van der Waals surface area contributed by atoms with Crippen molar-refractivity contribution in [3.8, 4) is 0 Å². The third kappa shape index (κ3) is 6.30. The first kappa shape index (κ1) is 22.9. The first-order valence-corrected chi connectivity index (χ1v) is 11.2. The van der Waals surface area contributed by atoms with E-state index in [-0.39, 0.29) is 17.3 Å². The van der Waals surface area contributed by atoms with Crippen LogP contribution in [-0.4, -0.2) is 45.8 Å². The number of carbonyl (C=O) groups excluding carboxylic acids is 1. The van der Waals surface area contributed by atoms with Gasteiger partial charge in [-0.3, -0.25) is 4.79 Å². The van der Waals surface area contributed by atoms with Crippen molar-refractivity contribution in [2.75, 3.05) is 32.5 Å². The molecule has 29 heavy (non-hydrogen) atoms. The molecule has 0 saturated carbocycles. The van der Waals surface area contributed by atoms with Crippen molar-refractivity contribution >= 4 is 21.6 Å². The summed E-state index contributed by atoms with van der Waals surface area (Å²) >= 11 is 0. The number of sulfonamides is 1. The second-order valence-corrected chi connectivity index (χ2v) is 9.77. The Kier molecular flexibility index (Phi) is 7.81. The highest BCUT2D eigenvalue weighted by Gasteiger charge is 2.18. The predicted octanol–water partition coefficient (Wildman–Crippen LogP) is 3.14. The van der Waals surface area contributed by atoms with Gasteiger partial charge in [0, 0.05) is 26.3 Å². The first-order chi connectivity index (χ1) is 13.6. The number of hydrogen-bond donors (Lipinski definition) is 2. The average molecular weight is 418 g/mol. The van der Waals surface area contributed by atoms with Crippen molar-refractivity contribution in [3.63, 3.8) is 0 Å². The number of nitrogens with one attached hydrogen (secondary N) is 2. The average Bonchev–Trinajstić information content (AvgIpc) is 2.67. The summed E-state index contributed by atoms with van der Waals surface area (Å²) in [6.45, 7) is 6.83. The highest BCUT2D eigenvalue weighted by atomic mass is 32.2. The molecule has 0 saturated heterocycles. The van der Waals surface area contributed by atoms with Crippen LogP contribution >= 0.6 is 0 Å². The highest BCUT2D eigenvalue weighted by molar-refractivity contribution is 7.89. The van der Waals surface area contributed by atoms with Gasteiger partial charge in [-0.05, 0) is 48.1 Å². The molecule has 0 bridgehead atoms. The topological polar surface area (TPSA) is 78.5 Å². The summed E-state index contributed by atoms with van der Waals surface area (Å²) in [6, 6.07) is 13.3. The van der Waals surface area contributed by atoms with E-state index in [1.54, 1.807) is 18.2 Å². The lowest BCUT2D eigenvalue weighted by Gasteiger charge is -2.15. The van der Waals surface area contributed by atoms with E-state index < -0.39 is 10.0 Å². The maximum Gasteiger partial charge on any atom is 0.242 e. The molecule has 0 aliphatic rings. The molecular formula is C22H31N3O3S. The number of benzene rings is 2. The number of hydrogen-bond acceptors (Lipinski definition) is 4. The molecule has 1 amide bonds. The van der Waals surface area contributed by atoms with E-state index in [1.165, 1.54) is 29.5 Å². The molecular weight excluding hydrogens is 386 g/mol. The molecule has 0 spiro atoms. The van der Waals surface area contributed by atoms with Crippen LogP contribution in [0.1, 0.15) is 36.5 Å². The zero-order chi connectivity index (χ0) is 21.6. The third-order valence-corrected chi connectivity index (χ3v) is 6.62. The van der Waals surface area contributed by atoms with Crippen LogP contribution in [0.25, 0.3) is 0 Å². The van der Waals surface area contributed by atoms with Crippen LogP contribution in [0.15, 0.2) is 47.4 Å². The Morgan fingerprint density at radius 3 is 2.31 bits per heavy atom. The van der Waals surface area contributed by atoms with E-state index in [4.69, 9.17) is 0 Å². The number of amides is 1. The van der Waals surface area contributed by atoms with E-state index in [0.717, 1.165) is 12.0 Å². The molecule has 158 valence electrons. The molecule has 0 radical (unpaired) electrons. The molecule has 0 fully saturated rings. The lowest BCUT2D eigenvalue weighted by atomic mass is 10.0. The van der Waals surface area contributed by atoms with E-state index in [0.29, 0.717) is 18.2 Å². The van der Waals surface area contributed by atoms with Gasteiger partial charge in [-0.2, -0.15) is 0 Å². The minimum Gasteiger partial charge on any atom is -0.376 e. The number of rotatable bonds is 9. The van der Waals surface area contributed by atoms with E-state index in [9.17, 15) is 13.2 Å². The Balaban J connectivity index is 1.87. The Bertz CT molecular complexity index is 936. The summed E-state index contributed by atoms with van der Waals surface area (Å²) in [4.78, 5) is 12.3. The van der Waals surface area contributed by atoms with Gasteiger partial charge in [0.2, 0.25) is 15.9 Å². The standard InChI is InChI=1S/C22H31N3O3S/c1-16(2)19-9-7-18(8-10-19)12-13-23-22(26)15-24-21-14-20(11-6-17(21)3)29(27,28)25(4)5/h6-11,14,16,24H,12-13,15H2,1-5H3,(H,23,26). The molecule has 0 aromatic heterocycles. The molecule has 0 unspecified atom stereocenters. The largest absolute Gasteiger partial charge is 0.376 e. The second-order valence-electron chi connectivity index (χ2n) is 7.61. The maximum atomic E-state index is 12.3. The lowest BCUT2D eigenvalue weighted by Crippen LogP contribution is -2.31. The van der Waals surface area contributed by atoms with Crippen molar-refractivity contribution in [2.45, 2.75) is 38.0 Å². The quantitative estimate of drug-likeness (QED) is 0.657. The van der Waals surface area contributed by atoms with Crippen LogP contribution in [0.2, 0.25) is 0 Å². The molecule has 0 aliphatic heterocycles. The van der Waals surface area contributed by atoms with Crippen molar-refractivity contribution in [2.24, 2.45) is 0 Å².